The number of nitrogen functional groups attached to an aromatic ring is 1. The number of pyridine rings is 1. The van der Waals surface area contributed by atoms with Crippen LogP contribution in [0.25, 0.3) is 22.3 Å². The zero-order valence-electron chi connectivity index (χ0n) is 14.9. The third-order valence-corrected chi connectivity index (χ3v) is 4.93. The van der Waals surface area contributed by atoms with Crippen molar-refractivity contribution in [1.29, 1.82) is 5.26 Å². The number of halogens is 1. The van der Waals surface area contributed by atoms with Gasteiger partial charge in [0.25, 0.3) is 0 Å². The standard InChI is InChI=1S/C21H19BrN4/c1-13-19(14-7-5-4-6-8-14)20(16(12-23)21(24)25-13)15-9-10-18(26(2)3)17(22)11-15/h4-11H,1-3H3,(H2,24,25). The van der Waals surface area contributed by atoms with Gasteiger partial charge in [-0.05, 0) is 46.1 Å². The first-order valence-corrected chi connectivity index (χ1v) is 8.96. The predicted molar refractivity (Wildman–Crippen MR) is 111 cm³/mol. The fraction of sp³-hybridized carbons (Fsp3) is 0.143. The van der Waals surface area contributed by atoms with Crippen molar-refractivity contribution in [2.24, 2.45) is 0 Å². The van der Waals surface area contributed by atoms with Crippen LogP contribution >= 0.6 is 15.9 Å². The molecule has 1 aromatic heterocycles. The van der Waals surface area contributed by atoms with Crippen LogP contribution in [0.5, 0.6) is 0 Å². The van der Waals surface area contributed by atoms with E-state index < -0.39 is 0 Å². The third-order valence-electron chi connectivity index (χ3n) is 4.30. The lowest BCUT2D eigenvalue weighted by molar-refractivity contribution is 1.12. The van der Waals surface area contributed by atoms with Crippen molar-refractivity contribution >= 4 is 27.4 Å². The number of nitriles is 1. The Morgan fingerprint density at radius 3 is 2.31 bits per heavy atom. The van der Waals surface area contributed by atoms with Crippen LogP contribution in [0.1, 0.15) is 11.3 Å². The number of aryl methyl sites for hydroxylation is 1. The summed E-state index contributed by atoms with van der Waals surface area (Å²) < 4.78 is 0.955. The van der Waals surface area contributed by atoms with Crippen LogP contribution in [0.4, 0.5) is 11.5 Å². The lowest BCUT2D eigenvalue weighted by Crippen LogP contribution is -2.09. The van der Waals surface area contributed by atoms with Gasteiger partial charge in [0.05, 0.1) is 5.69 Å². The Labute approximate surface area is 162 Å². The molecule has 130 valence electrons. The minimum Gasteiger partial charge on any atom is -0.383 e. The fourth-order valence-corrected chi connectivity index (χ4v) is 3.84. The topological polar surface area (TPSA) is 65.9 Å². The normalized spacial score (nSPS) is 10.4. The second-order valence-electron chi connectivity index (χ2n) is 6.25. The summed E-state index contributed by atoms with van der Waals surface area (Å²) in [5.41, 5.74) is 12.0. The Balaban J connectivity index is 2.36. The molecule has 2 aromatic carbocycles. The zero-order valence-corrected chi connectivity index (χ0v) is 16.5. The van der Waals surface area contributed by atoms with Crippen LogP contribution in [0.2, 0.25) is 0 Å². The summed E-state index contributed by atoms with van der Waals surface area (Å²) in [6.07, 6.45) is 0. The third kappa shape index (κ3) is 3.16. The number of hydrogen-bond acceptors (Lipinski definition) is 4. The average Bonchev–Trinajstić information content (AvgIpc) is 2.61. The van der Waals surface area contributed by atoms with Gasteiger partial charge >= 0.3 is 0 Å². The predicted octanol–water partition coefficient (Wildman–Crippen LogP) is 5.01. The number of nitrogens with two attached hydrogens (primary N) is 1. The first-order chi connectivity index (χ1) is 12.4. The number of benzene rings is 2. The number of aromatic nitrogens is 1. The van der Waals surface area contributed by atoms with Crippen molar-refractivity contribution in [2.75, 3.05) is 24.7 Å². The summed E-state index contributed by atoms with van der Waals surface area (Å²) in [6, 6.07) is 18.3. The molecule has 0 radical (unpaired) electrons. The first-order valence-electron chi connectivity index (χ1n) is 8.17. The van der Waals surface area contributed by atoms with Gasteiger partial charge in [0.15, 0.2) is 0 Å². The largest absolute Gasteiger partial charge is 0.383 e. The molecule has 4 nitrogen and oxygen atoms in total. The average molecular weight is 407 g/mol. The van der Waals surface area contributed by atoms with Crippen molar-refractivity contribution in [3.05, 3.63) is 64.3 Å². The maximum Gasteiger partial charge on any atom is 0.142 e. The van der Waals surface area contributed by atoms with E-state index in [0.29, 0.717) is 5.56 Å². The van der Waals surface area contributed by atoms with E-state index >= 15 is 0 Å². The molecule has 5 heteroatoms. The molecule has 26 heavy (non-hydrogen) atoms. The van der Waals surface area contributed by atoms with Gasteiger partial charge in [0, 0.05) is 35.4 Å². The minimum absolute atomic E-state index is 0.257. The van der Waals surface area contributed by atoms with E-state index in [4.69, 9.17) is 5.73 Å². The molecule has 2 N–H and O–H groups in total. The molecule has 0 atom stereocenters. The number of hydrogen-bond donors (Lipinski definition) is 1. The molecule has 3 aromatic rings. The molecule has 0 fully saturated rings. The van der Waals surface area contributed by atoms with Crippen LogP contribution in [0.15, 0.2) is 53.0 Å². The molecule has 0 saturated heterocycles. The van der Waals surface area contributed by atoms with E-state index in [1.165, 1.54) is 0 Å². The minimum atomic E-state index is 0.257. The van der Waals surface area contributed by atoms with Crippen LogP contribution in [-0.4, -0.2) is 19.1 Å². The SMILES string of the molecule is Cc1nc(N)c(C#N)c(-c2ccc(N(C)C)c(Br)c2)c1-c1ccccc1. The highest BCUT2D eigenvalue weighted by atomic mass is 79.9. The molecule has 0 aliphatic carbocycles. The molecule has 0 amide bonds. The number of rotatable bonds is 3. The molecule has 0 saturated carbocycles. The Bertz CT molecular complexity index is 1000. The first kappa shape index (κ1) is 18.0. The lowest BCUT2D eigenvalue weighted by Gasteiger charge is -2.19. The van der Waals surface area contributed by atoms with Crippen LogP contribution in [0.3, 0.4) is 0 Å². The van der Waals surface area contributed by atoms with Gasteiger partial charge in [0.2, 0.25) is 0 Å². The van der Waals surface area contributed by atoms with E-state index in [0.717, 1.165) is 38.1 Å². The van der Waals surface area contributed by atoms with Crippen LogP contribution < -0.4 is 10.6 Å². The molecular weight excluding hydrogens is 388 g/mol. The summed E-state index contributed by atoms with van der Waals surface area (Å²) in [7, 11) is 3.98. The fourth-order valence-electron chi connectivity index (χ4n) is 3.11. The van der Waals surface area contributed by atoms with Gasteiger partial charge in [-0.3, -0.25) is 0 Å². The van der Waals surface area contributed by atoms with Crippen molar-refractivity contribution in [3.63, 3.8) is 0 Å². The van der Waals surface area contributed by atoms with Gasteiger partial charge < -0.3 is 10.6 Å². The second kappa shape index (κ2) is 7.19. The van der Waals surface area contributed by atoms with Crippen molar-refractivity contribution in [1.82, 2.24) is 4.98 Å². The molecular formula is C21H19BrN4. The van der Waals surface area contributed by atoms with E-state index in [-0.39, 0.29) is 5.82 Å². The molecule has 0 bridgehead atoms. The monoisotopic (exact) mass is 406 g/mol. The summed E-state index contributed by atoms with van der Waals surface area (Å²) >= 11 is 3.64. The van der Waals surface area contributed by atoms with Gasteiger partial charge in [-0.2, -0.15) is 5.26 Å². The van der Waals surface area contributed by atoms with Gasteiger partial charge in [-0.15, -0.1) is 0 Å². The Morgan fingerprint density at radius 1 is 1.04 bits per heavy atom. The number of anilines is 2. The quantitative estimate of drug-likeness (QED) is 0.663. The van der Waals surface area contributed by atoms with E-state index in [1.807, 2.05) is 74.4 Å². The Morgan fingerprint density at radius 2 is 1.73 bits per heavy atom. The molecule has 1 heterocycles. The highest BCUT2D eigenvalue weighted by molar-refractivity contribution is 9.10. The molecule has 0 spiro atoms. The zero-order chi connectivity index (χ0) is 18.8. The van der Waals surface area contributed by atoms with Crippen LogP contribution in [0, 0.1) is 18.3 Å². The summed E-state index contributed by atoms with van der Waals surface area (Å²) in [5, 5.41) is 9.74. The van der Waals surface area contributed by atoms with Crippen molar-refractivity contribution in [3.8, 4) is 28.3 Å². The molecule has 0 aliphatic heterocycles. The van der Waals surface area contributed by atoms with Crippen molar-refractivity contribution in [2.45, 2.75) is 6.92 Å². The maximum absolute atomic E-state index is 9.74. The smallest absolute Gasteiger partial charge is 0.142 e. The Kier molecular flexibility index (Phi) is 4.97. The highest BCUT2D eigenvalue weighted by Crippen LogP contribution is 2.40. The maximum atomic E-state index is 9.74. The summed E-state index contributed by atoms with van der Waals surface area (Å²) in [4.78, 5) is 6.44. The van der Waals surface area contributed by atoms with E-state index in [1.54, 1.807) is 0 Å². The van der Waals surface area contributed by atoms with Crippen LogP contribution in [-0.2, 0) is 0 Å². The molecule has 0 unspecified atom stereocenters. The highest BCUT2D eigenvalue weighted by Gasteiger charge is 2.20. The van der Waals surface area contributed by atoms with Gasteiger partial charge in [0.1, 0.15) is 17.5 Å². The van der Waals surface area contributed by atoms with Gasteiger partial charge in [-0.25, -0.2) is 4.98 Å². The van der Waals surface area contributed by atoms with Gasteiger partial charge in [-0.1, -0.05) is 36.4 Å². The lowest BCUT2D eigenvalue weighted by atomic mass is 9.90. The second-order valence-corrected chi connectivity index (χ2v) is 7.10. The summed E-state index contributed by atoms with van der Waals surface area (Å²) in [5.74, 6) is 0.257. The number of nitrogens with zero attached hydrogens (tertiary/aromatic N) is 3. The summed E-state index contributed by atoms with van der Waals surface area (Å²) in [6.45, 7) is 1.92. The van der Waals surface area contributed by atoms with E-state index in [9.17, 15) is 5.26 Å². The van der Waals surface area contributed by atoms with E-state index in [2.05, 4.69) is 27.0 Å². The Hall–Kier alpha value is -2.84. The molecule has 0 aliphatic rings. The molecule has 3 rings (SSSR count). The van der Waals surface area contributed by atoms with Crippen molar-refractivity contribution < 1.29 is 0 Å².